The second-order valence-corrected chi connectivity index (χ2v) is 5.99. The van der Waals surface area contributed by atoms with E-state index in [0.29, 0.717) is 22.0 Å². The molecule has 0 saturated carbocycles. The van der Waals surface area contributed by atoms with Gasteiger partial charge in [-0.3, -0.25) is 4.79 Å². The minimum absolute atomic E-state index is 0.248. The highest BCUT2D eigenvalue weighted by atomic mass is 79.9. The second kappa shape index (κ2) is 5.94. The van der Waals surface area contributed by atoms with Crippen molar-refractivity contribution in [2.75, 3.05) is 11.1 Å². The van der Waals surface area contributed by atoms with Crippen LogP contribution in [0, 0.1) is 0 Å². The quantitative estimate of drug-likeness (QED) is 0.713. The number of halogens is 3. The molecule has 0 spiro atoms. The summed E-state index contributed by atoms with van der Waals surface area (Å²) in [6.07, 6.45) is 0. The van der Waals surface area contributed by atoms with E-state index in [1.54, 1.807) is 24.3 Å². The normalized spacial score (nSPS) is 10.3. The average molecular weight is 404 g/mol. The fourth-order valence-corrected chi connectivity index (χ4v) is 2.30. The van der Waals surface area contributed by atoms with Crippen LogP contribution in [-0.4, -0.2) is 5.91 Å². The Morgan fingerprint density at radius 3 is 2.58 bits per heavy atom. The molecule has 0 aliphatic carbocycles. The van der Waals surface area contributed by atoms with Gasteiger partial charge in [-0.25, -0.2) is 0 Å². The Labute approximate surface area is 132 Å². The fourth-order valence-electron chi connectivity index (χ4n) is 1.47. The Bertz CT molecular complexity index is 647. The third-order valence-corrected chi connectivity index (χ3v) is 3.96. The Balaban J connectivity index is 2.25. The minimum atomic E-state index is -0.248. The highest BCUT2D eigenvalue weighted by Gasteiger charge is 2.10. The molecule has 0 heterocycles. The van der Waals surface area contributed by atoms with E-state index in [0.717, 1.165) is 8.95 Å². The van der Waals surface area contributed by atoms with Crippen molar-refractivity contribution in [3.63, 3.8) is 0 Å². The molecule has 0 atom stereocenters. The zero-order chi connectivity index (χ0) is 14.0. The average Bonchev–Trinajstić information content (AvgIpc) is 2.37. The maximum Gasteiger partial charge on any atom is 0.255 e. The molecule has 1 amide bonds. The lowest BCUT2D eigenvalue weighted by atomic mass is 10.2. The highest BCUT2D eigenvalue weighted by molar-refractivity contribution is 9.11. The SMILES string of the molecule is Nc1cc(C(=O)Nc2cc(Br)ccc2Br)ccc1Cl. The molecule has 2 rings (SSSR count). The summed E-state index contributed by atoms with van der Waals surface area (Å²) < 4.78 is 1.67. The number of anilines is 2. The van der Waals surface area contributed by atoms with Gasteiger partial charge in [0, 0.05) is 14.5 Å². The van der Waals surface area contributed by atoms with Gasteiger partial charge in [-0.1, -0.05) is 27.5 Å². The van der Waals surface area contributed by atoms with Gasteiger partial charge < -0.3 is 11.1 Å². The first-order valence-corrected chi connectivity index (χ1v) is 7.25. The predicted octanol–water partition coefficient (Wildman–Crippen LogP) is 4.70. The Morgan fingerprint density at radius 2 is 1.89 bits per heavy atom. The first kappa shape index (κ1) is 14.4. The molecule has 0 radical (unpaired) electrons. The molecular weight excluding hydrogens is 395 g/mol. The van der Waals surface area contributed by atoms with Crippen molar-refractivity contribution in [2.45, 2.75) is 0 Å². The zero-order valence-corrected chi connectivity index (χ0v) is 13.5. The summed E-state index contributed by atoms with van der Waals surface area (Å²) >= 11 is 12.6. The fraction of sp³-hybridized carbons (Fsp3) is 0. The highest BCUT2D eigenvalue weighted by Crippen LogP contribution is 2.27. The van der Waals surface area contributed by atoms with Gasteiger partial charge in [0.2, 0.25) is 0 Å². The van der Waals surface area contributed by atoms with E-state index in [4.69, 9.17) is 17.3 Å². The van der Waals surface area contributed by atoms with Crippen molar-refractivity contribution >= 4 is 60.7 Å². The predicted molar refractivity (Wildman–Crippen MR) is 85.7 cm³/mol. The molecule has 6 heteroatoms. The summed E-state index contributed by atoms with van der Waals surface area (Å²) in [5, 5.41) is 3.23. The molecule has 0 aliphatic rings. The summed E-state index contributed by atoms with van der Waals surface area (Å²) in [6.45, 7) is 0. The smallest absolute Gasteiger partial charge is 0.255 e. The van der Waals surface area contributed by atoms with Crippen LogP contribution in [0.2, 0.25) is 5.02 Å². The lowest BCUT2D eigenvalue weighted by Gasteiger charge is -2.09. The van der Waals surface area contributed by atoms with Crippen LogP contribution < -0.4 is 11.1 Å². The molecule has 0 unspecified atom stereocenters. The molecule has 0 aliphatic heterocycles. The third-order valence-electron chi connectivity index (χ3n) is 2.43. The van der Waals surface area contributed by atoms with Crippen LogP contribution in [0.1, 0.15) is 10.4 Å². The molecule has 0 aromatic heterocycles. The number of nitrogens with two attached hydrogens (primary N) is 1. The standard InChI is InChI=1S/C13H9Br2ClN2O/c14-8-2-3-9(15)12(6-8)18-13(19)7-1-4-10(16)11(17)5-7/h1-6H,17H2,(H,18,19). The topological polar surface area (TPSA) is 55.1 Å². The van der Waals surface area contributed by atoms with E-state index in [2.05, 4.69) is 37.2 Å². The summed E-state index contributed by atoms with van der Waals surface area (Å²) in [7, 11) is 0. The number of carbonyl (C=O) groups excluding carboxylic acids is 1. The van der Waals surface area contributed by atoms with Gasteiger partial charge in [0.25, 0.3) is 5.91 Å². The number of rotatable bonds is 2. The molecule has 98 valence electrons. The first-order chi connectivity index (χ1) is 8.97. The third kappa shape index (κ3) is 3.49. The molecule has 3 nitrogen and oxygen atoms in total. The lowest BCUT2D eigenvalue weighted by Crippen LogP contribution is -2.12. The largest absolute Gasteiger partial charge is 0.398 e. The van der Waals surface area contributed by atoms with E-state index in [1.807, 2.05) is 12.1 Å². The molecule has 3 N–H and O–H groups in total. The van der Waals surface area contributed by atoms with Crippen molar-refractivity contribution in [1.82, 2.24) is 0 Å². The van der Waals surface area contributed by atoms with Crippen molar-refractivity contribution in [1.29, 1.82) is 0 Å². The van der Waals surface area contributed by atoms with Gasteiger partial charge in [-0.05, 0) is 52.3 Å². The number of benzene rings is 2. The van der Waals surface area contributed by atoms with Crippen LogP contribution >= 0.6 is 43.5 Å². The summed E-state index contributed by atoms with van der Waals surface area (Å²) in [4.78, 5) is 12.1. The van der Waals surface area contributed by atoms with Crippen molar-refractivity contribution in [3.05, 3.63) is 55.9 Å². The molecule has 0 fully saturated rings. The summed E-state index contributed by atoms with van der Waals surface area (Å²) in [5.74, 6) is -0.248. The number of amides is 1. The van der Waals surface area contributed by atoms with Crippen LogP contribution in [0.5, 0.6) is 0 Å². The molecule has 2 aromatic carbocycles. The summed E-state index contributed by atoms with van der Waals surface area (Å²) in [5.41, 5.74) is 7.18. The monoisotopic (exact) mass is 402 g/mol. The van der Waals surface area contributed by atoms with Crippen molar-refractivity contribution < 1.29 is 4.79 Å². The van der Waals surface area contributed by atoms with E-state index >= 15 is 0 Å². The van der Waals surface area contributed by atoms with Gasteiger partial charge in [0.15, 0.2) is 0 Å². The molecule has 0 saturated heterocycles. The number of hydrogen-bond donors (Lipinski definition) is 2. The van der Waals surface area contributed by atoms with Gasteiger partial charge in [-0.2, -0.15) is 0 Å². The van der Waals surface area contributed by atoms with Gasteiger partial charge in [0.05, 0.1) is 16.4 Å². The van der Waals surface area contributed by atoms with Gasteiger partial charge in [0.1, 0.15) is 0 Å². The van der Waals surface area contributed by atoms with Crippen molar-refractivity contribution in [3.8, 4) is 0 Å². The maximum absolute atomic E-state index is 12.1. The minimum Gasteiger partial charge on any atom is -0.398 e. The Morgan fingerprint density at radius 1 is 1.16 bits per heavy atom. The zero-order valence-electron chi connectivity index (χ0n) is 9.58. The Hall–Kier alpha value is -1.04. The van der Waals surface area contributed by atoms with E-state index < -0.39 is 0 Å². The lowest BCUT2D eigenvalue weighted by molar-refractivity contribution is 0.102. The maximum atomic E-state index is 12.1. The summed E-state index contributed by atoms with van der Waals surface area (Å²) in [6, 6.07) is 10.3. The van der Waals surface area contributed by atoms with Crippen LogP contribution in [0.3, 0.4) is 0 Å². The number of hydrogen-bond acceptors (Lipinski definition) is 2. The van der Waals surface area contributed by atoms with E-state index in [1.165, 1.54) is 0 Å². The first-order valence-electron chi connectivity index (χ1n) is 5.29. The number of nitrogen functional groups attached to an aromatic ring is 1. The van der Waals surface area contributed by atoms with Crippen LogP contribution in [-0.2, 0) is 0 Å². The van der Waals surface area contributed by atoms with Gasteiger partial charge in [-0.15, -0.1) is 0 Å². The van der Waals surface area contributed by atoms with Gasteiger partial charge >= 0.3 is 0 Å². The molecule has 2 aromatic rings. The molecule has 19 heavy (non-hydrogen) atoms. The molecule has 0 bridgehead atoms. The second-order valence-electron chi connectivity index (χ2n) is 3.81. The number of nitrogens with one attached hydrogen (secondary N) is 1. The number of carbonyl (C=O) groups is 1. The van der Waals surface area contributed by atoms with Crippen LogP contribution in [0.4, 0.5) is 11.4 Å². The molecular formula is C13H9Br2ClN2O. The van der Waals surface area contributed by atoms with Crippen molar-refractivity contribution in [2.24, 2.45) is 0 Å². The van der Waals surface area contributed by atoms with Crippen LogP contribution in [0.25, 0.3) is 0 Å². The van der Waals surface area contributed by atoms with Crippen LogP contribution in [0.15, 0.2) is 45.3 Å². The van der Waals surface area contributed by atoms with E-state index in [9.17, 15) is 4.79 Å². The Kier molecular flexibility index (Phi) is 4.50. The van der Waals surface area contributed by atoms with E-state index in [-0.39, 0.29) is 5.91 Å².